The fourth-order valence-electron chi connectivity index (χ4n) is 3.69. The summed E-state index contributed by atoms with van der Waals surface area (Å²) < 4.78 is 5.77. The van der Waals surface area contributed by atoms with Crippen LogP contribution in [0.2, 0.25) is 4.34 Å². The van der Waals surface area contributed by atoms with Crippen molar-refractivity contribution < 1.29 is 19.1 Å². The maximum Gasteiger partial charge on any atom is 0.414 e. The molecule has 184 valence electrons. The molecule has 1 unspecified atom stereocenters. The summed E-state index contributed by atoms with van der Waals surface area (Å²) in [4.78, 5) is 41.9. The summed E-state index contributed by atoms with van der Waals surface area (Å²) in [7, 11) is 5.40. The first-order chi connectivity index (χ1) is 16.1. The van der Waals surface area contributed by atoms with Crippen LogP contribution in [0, 0.1) is 0 Å². The molecule has 2 N–H and O–H groups in total. The molecule has 0 saturated carbocycles. The smallest absolute Gasteiger partial charge is 0.399 e. The Labute approximate surface area is 209 Å². The van der Waals surface area contributed by atoms with E-state index in [0.717, 1.165) is 37.3 Å². The van der Waals surface area contributed by atoms with Gasteiger partial charge in [-0.1, -0.05) is 29.0 Å². The first-order valence-electron chi connectivity index (χ1n) is 11.1. The highest BCUT2D eigenvalue weighted by atomic mass is 35.5. The fourth-order valence-corrected chi connectivity index (χ4v) is 4.56. The van der Waals surface area contributed by atoms with E-state index >= 15 is 0 Å². The lowest BCUT2D eigenvalue weighted by Crippen LogP contribution is -2.55. The van der Waals surface area contributed by atoms with Crippen LogP contribution in [0.4, 0.5) is 10.5 Å². The highest BCUT2D eigenvalue weighted by Crippen LogP contribution is 2.29. The molecule has 1 atom stereocenters. The molecule has 3 rings (SSSR count). The van der Waals surface area contributed by atoms with Crippen LogP contribution in [-0.2, 0) is 22.4 Å². The van der Waals surface area contributed by atoms with Crippen molar-refractivity contribution in [1.29, 1.82) is 0 Å². The normalized spacial score (nSPS) is 15.4. The third kappa shape index (κ3) is 6.94. The number of thiophene rings is 1. The SMILES string of the molecule is CN1CCc2ccc(NC(=O)C(C)(CCC(=O)N(C)C)NC(=O)Oc3ccc(Cl)s3)cc2CC1. The third-order valence-corrected chi connectivity index (χ3v) is 7.06. The van der Waals surface area contributed by atoms with Gasteiger partial charge in [0.25, 0.3) is 0 Å². The van der Waals surface area contributed by atoms with Crippen molar-refractivity contribution in [1.82, 2.24) is 15.1 Å². The van der Waals surface area contributed by atoms with Gasteiger partial charge in [0, 0.05) is 39.3 Å². The van der Waals surface area contributed by atoms with Crippen molar-refractivity contribution in [3.05, 3.63) is 45.8 Å². The number of halogens is 1. The summed E-state index contributed by atoms with van der Waals surface area (Å²) in [6.07, 6.45) is 1.26. The molecule has 8 nitrogen and oxygen atoms in total. The average Bonchev–Trinajstić information content (AvgIpc) is 3.09. The molecule has 0 aliphatic carbocycles. The lowest BCUT2D eigenvalue weighted by atomic mass is 9.93. The number of fused-ring (bicyclic) bond motifs is 1. The summed E-state index contributed by atoms with van der Waals surface area (Å²) in [5.41, 5.74) is 1.75. The zero-order valence-corrected chi connectivity index (χ0v) is 21.5. The summed E-state index contributed by atoms with van der Waals surface area (Å²) in [6.45, 7) is 3.54. The summed E-state index contributed by atoms with van der Waals surface area (Å²) in [6, 6.07) is 9.10. The lowest BCUT2D eigenvalue weighted by molar-refractivity contribution is -0.129. The Morgan fingerprint density at radius 1 is 1.15 bits per heavy atom. The highest BCUT2D eigenvalue weighted by molar-refractivity contribution is 7.17. The molecule has 1 aliphatic heterocycles. The van der Waals surface area contributed by atoms with E-state index < -0.39 is 17.5 Å². The molecule has 0 spiro atoms. The second-order valence-corrected chi connectivity index (χ2v) is 10.6. The summed E-state index contributed by atoms with van der Waals surface area (Å²) >= 11 is 7.01. The Morgan fingerprint density at radius 3 is 2.50 bits per heavy atom. The Kier molecular flexibility index (Phi) is 8.57. The number of rotatable bonds is 7. The van der Waals surface area contributed by atoms with E-state index in [1.54, 1.807) is 33.2 Å². The zero-order valence-electron chi connectivity index (χ0n) is 19.9. The number of likely N-dealkylation sites (N-methyl/N-ethyl adjacent to an activating group) is 1. The van der Waals surface area contributed by atoms with Crippen LogP contribution < -0.4 is 15.4 Å². The minimum Gasteiger partial charge on any atom is -0.399 e. The van der Waals surface area contributed by atoms with E-state index in [9.17, 15) is 14.4 Å². The topological polar surface area (TPSA) is 91.0 Å². The third-order valence-electron chi connectivity index (χ3n) is 5.95. The van der Waals surface area contributed by atoms with Gasteiger partial charge in [0.2, 0.25) is 11.8 Å². The van der Waals surface area contributed by atoms with Crippen LogP contribution in [0.3, 0.4) is 0 Å². The molecule has 10 heteroatoms. The quantitative estimate of drug-likeness (QED) is 0.596. The molecule has 0 saturated heterocycles. The van der Waals surface area contributed by atoms with Gasteiger partial charge in [-0.05, 0) is 68.6 Å². The van der Waals surface area contributed by atoms with E-state index in [1.165, 1.54) is 16.0 Å². The fraction of sp³-hybridized carbons (Fsp3) is 0.458. The van der Waals surface area contributed by atoms with Gasteiger partial charge in [0.05, 0.1) is 4.34 Å². The predicted octanol–water partition coefficient (Wildman–Crippen LogP) is 3.79. The Bertz CT molecular complexity index is 1060. The average molecular weight is 507 g/mol. The molecule has 2 heterocycles. The van der Waals surface area contributed by atoms with Crippen LogP contribution in [0.5, 0.6) is 5.06 Å². The Balaban J connectivity index is 1.75. The van der Waals surface area contributed by atoms with E-state index in [2.05, 4.69) is 22.6 Å². The van der Waals surface area contributed by atoms with Crippen molar-refractivity contribution in [3.8, 4) is 5.06 Å². The van der Waals surface area contributed by atoms with Crippen molar-refractivity contribution in [3.63, 3.8) is 0 Å². The van der Waals surface area contributed by atoms with Gasteiger partial charge in [0.15, 0.2) is 5.06 Å². The first-order valence-corrected chi connectivity index (χ1v) is 12.3. The number of nitrogens with zero attached hydrogens (tertiary/aromatic N) is 2. The standard InChI is InChI=1S/C24H31ClN4O4S/c1-24(12-9-20(30)28(2)3,27-23(32)33-21-8-7-19(25)34-21)22(31)26-18-6-5-16-10-13-29(4)14-11-17(16)15-18/h5-8,15H,9-14H2,1-4H3,(H,26,31)(H,27,32). The summed E-state index contributed by atoms with van der Waals surface area (Å²) in [5.74, 6) is -0.570. The minimum absolute atomic E-state index is 0.0819. The van der Waals surface area contributed by atoms with Crippen molar-refractivity contribution in [2.24, 2.45) is 0 Å². The second kappa shape index (κ2) is 11.2. The van der Waals surface area contributed by atoms with Gasteiger partial charge in [-0.2, -0.15) is 0 Å². The number of amides is 3. The Morgan fingerprint density at radius 2 is 1.85 bits per heavy atom. The second-order valence-electron chi connectivity index (χ2n) is 8.93. The van der Waals surface area contributed by atoms with Crippen LogP contribution in [0.15, 0.2) is 30.3 Å². The molecule has 0 radical (unpaired) electrons. The molecule has 2 aromatic rings. The van der Waals surface area contributed by atoms with E-state index in [-0.39, 0.29) is 18.7 Å². The zero-order chi connectivity index (χ0) is 24.9. The van der Waals surface area contributed by atoms with E-state index in [1.807, 2.05) is 18.2 Å². The number of nitrogens with one attached hydrogen (secondary N) is 2. The van der Waals surface area contributed by atoms with E-state index in [0.29, 0.717) is 15.1 Å². The minimum atomic E-state index is -1.38. The van der Waals surface area contributed by atoms with Crippen molar-refractivity contribution in [2.75, 3.05) is 39.5 Å². The number of carbonyl (C=O) groups is 3. The van der Waals surface area contributed by atoms with Gasteiger partial charge in [-0.25, -0.2) is 4.79 Å². The number of hydrogen-bond donors (Lipinski definition) is 2. The number of ether oxygens (including phenoxy) is 1. The highest BCUT2D eigenvalue weighted by Gasteiger charge is 2.36. The molecule has 0 fully saturated rings. The lowest BCUT2D eigenvalue weighted by Gasteiger charge is -2.29. The number of anilines is 1. The van der Waals surface area contributed by atoms with Crippen LogP contribution >= 0.6 is 22.9 Å². The van der Waals surface area contributed by atoms with Gasteiger partial charge in [0.1, 0.15) is 5.54 Å². The van der Waals surface area contributed by atoms with Crippen molar-refractivity contribution in [2.45, 2.75) is 38.1 Å². The number of benzene rings is 1. The van der Waals surface area contributed by atoms with Gasteiger partial charge >= 0.3 is 6.09 Å². The predicted molar refractivity (Wildman–Crippen MR) is 135 cm³/mol. The summed E-state index contributed by atoms with van der Waals surface area (Å²) in [5, 5.41) is 5.89. The maximum atomic E-state index is 13.4. The Hall–Kier alpha value is -2.62. The maximum absolute atomic E-state index is 13.4. The monoisotopic (exact) mass is 506 g/mol. The molecule has 1 aromatic heterocycles. The molecule has 1 aromatic carbocycles. The molecule has 0 bridgehead atoms. The number of hydrogen-bond acceptors (Lipinski definition) is 6. The largest absolute Gasteiger partial charge is 0.414 e. The van der Waals surface area contributed by atoms with Crippen LogP contribution in [0.1, 0.15) is 30.9 Å². The van der Waals surface area contributed by atoms with Crippen LogP contribution in [0.25, 0.3) is 0 Å². The molecule has 3 amide bonds. The van der Waals surface area contributed by atoms with Gasteiger partial charge < -0.3 is 25.2 Å². The molecular weight excluding hydrogens is 476 g/mol. The van der Waals surface area contributed by atoms with Gasteiger partial charge in [-0.3, -0.25) is 9.59 Å². The number of carbonyl (C=O) groups excluding carboxylic acids is 3. The van der Waals surface area contributed by atoms with Gasteiger partial charge in [-0.15, -0.1) is 0 Å². The van der Waals surface area contributed by atoms with Crippen LogP contribution in [-0.4, -0.2) is 67.5 Å². The van der Waals surface area contributed by atoms with E-state index in [4.69, 9.17) is 16.3 Å². The first kappa shape index (κ1) is 26.0. The molecular formula is C24H31ClN4O4S. The molecule has 34 heavy (non-hydrogen) atoms. The molecule has 1 aliphatic rings. The van der Waals surface area contributed by atoms with Crippen molar-refractivity contribution >= 4 is 46.5 Å².